The highest BCUT2D eigenvalue weighted by molar-refractivity contribution is 5.90. The highest BCUT2D eigenvalue weighted by Crippen LogP contribution is 2.26. The molecule has 0 spiro atoms. The van der Waals surface area contributed by atoms with Crippen LogP contribution in [0.25, 0.3) is 11.5 Å². The minimum absolute atomic E-state index is 0.0387. The number of aromatic nitrogens is 1. The Morgan fingerprint density at radius 3 is 2.80 bits per heavy atom. The first kappa shape index (κ1) is 16.8. The fraction of sp³-hybridized carbons (Fsp3) is 0.222. The molecule has 3 rings (SSSR count). The number of aliphatic hydroxyl groups is 1. The monoisotopic (exact) mass is 341 g/mol. The van der Waals surface area contributed by atoms with Crippen LogP contribution in [0.3, 0.4) is 0 Å². The summed E-state index contributed by atoms with van der Waals surface area (Å²) < 4.78 is 10.5. The highest BCUT2D eigenvalue weighted by atomic mass is 16.4. The molecule has 0 aliphatic heterocycles. The lowest BCUT2D eigenvalue weighted by Crippen LogP contribution is -2.32. The van der Waals surface area contributed by atoms with Crippen LogP contribution in [0.1, 0.15) is 23.1 Å². The minimum atomic E-state index is -0.898. The smallest absolute Gasteiger partial charge is 0.319 e. The zero-order valence-corrected chi connectivity index (χ0v) is 13.9. The number of aryl methyl sites for hydroxylation is 2. The predicted octanol–water partition coefficient (Wildman–Crippen LogP) is 3.41. The molecule has 2 heterocycles. The molecule has 0 radical (unpaired) electrons. The number of hydrogen-bond acceptors (Lipinski definition) is 5. The Balaban J connectivity index is 1.63. The van der Waals surface area contributed by atoms with E-state index in [1.165, 1.54) is 6.26 Å². The first-order valence-corrected chi connectivity index (χ1v) is 7.82. The lowest BCUT2D eigenvalue weighted by Gasteiger charge is -2.12. The summed E-state index contributed by atoms with van der Waals surface area (Å²) in [5, 5.41) is 15.2. The molecule has 130 valence electrons. The molecule has 7 nitrogen and oxygen atoms in total. The molecular weight excluding hydrogens is 322 g/mol. The Morgan fingerprint density at radius 2 is 2.12 bits per heavy atom. The SMILES string of the molecule is Cc1coc(-c2cc(NC(=O)NCC(O)c3ccco3)ccc2C)n1. The van der Waals surface area contributed by atoms with Gasteiger partial charge in [0.1, 0.15) is 18.1 Å². The summed E-state index contributed by atoms with van der Waals surface area (Å²) in [6.07, 6.45) is 2.15. The second-order valence-electron chi connectivity index (χ2n) is 5.69. The van der Waals surface area contributed by atoms with Crippen molar-refractivity contribution in [1.82, 2.24) is 10.3 Å². The summed E-state index contributed by atoms with van der Waals surface area (Å²) in [7, 11) is 0. The summed E-state index contributed by atoms with van der Waals surface area (Å²) in [6.45, 7) is 3.83. The molecule has 0 aliphatic rings. The van der Waals surface area contributed by atoms with Crippen molar-refractivity contribution in [3.05, 3.63) is 59.9 Å². The molecule has 0 saturated heterocycles. The van der Waals surface area contributed by atoms with Gasteiger partial charge in [-0.15, -0.1) is 0 Å². The van der Waals surface area contributed by atoms with Crippen molar-refractivity contribution >= 4 is 11.7 Å². The van der Waals surface area contributed by atoms with Crippen molar-refractivity contribution in [2.45, 2.75) is 20.0 Å². The van der Waals surface area contributed by atoms with Crippen LogP contribution in [0.2, 0.25) is 0 Å². The standard InChI is InChI=1S/C18H19N3O4/c1-11-5-6-13(8-14(11)17-20-12(2)10-25-17)21-18(23)19-9-15(22)16-4-3-7-24-16/h3-8,10,15,22H,9H2,1-2H3,(H2,19,21,23). The van der Waals surface area contributed by atoms with Gasteiger partial charge in [0.15, 0.2) is 0 Å². The fourth-order valence-corrected chi connectivity index (χ4v) is 2.35. The molecule has 1 atom stereocenters. The summed E-state index contributed by atoms with van der Waals surface area (Å²) in [6, 6.07) is 8.36. The molecule has 2 amide bonds. The lowest BCUT2D eigenvalue weighted by molar-refractivity contribution is 0.149. The Kier molecular flexibility index (Phi) is 4.85. The lowest BCUT2D eigenvalue weighted by atomic mass is 10.1. The number of carbonyl (C=O) groups excluding carboxylic acids is 1. The first-order chi connectivity index (χ1) is 12.0. The number of benzene rings is 1. The maximum absolute atomic E-state index is 12.0. The molecule has 3 aromatic rings. The molecule has 25 heavy (non-hydrogen) atoms. The number of nitrogens with one attached hydrogen (secondary N) is 2. The van der Waals surface area contributed by atoms with Gasteiger partial charge in [0.05, 0.1) is 18.5 Å². The number of amides is 2. The third-order valence-corrected chi connectivity index (χ3v) is 3.67. The van der Waals surface area contributed by atoms with Crippen LogP contribution < -0.4 is 10.6 Å². The quantitative estimate of drug-likeness (QED) is 0.660. The largest absolute Gasteiger partial charge is 0.467 e. The van der Waals surface area contributed by atoms with Gasteiger partial charge in [-0.3, -0.25) is 0 Å². The van der Waals surface area contributed by atoms with Crippen LogP contribution >= 0.6 is 0 Å². The highest BCUT2D eigenvalue weighted by Gasteiger charge is 2.13. The van der Waals surface area contributed by atoms with Crippen LogP contribution in [0.4, 0.5) is 10.5 Å². The Hall–Kier alpha value is -3.06. The summed E-state index contributed by atoms with van der Waals surface area (Å²) in [4.78, 5) is 16.3. The van der Waals surface area contributed by atoms with Gasteiger partial charge in [-0.05, 0) is 43.7 Å². The van der Waals surface area contributed by atoms with Crippen molar-refractivity contribution in [2.75, 3.05) is 11.9 Å². The average molecular weight is 341 g/mol. The van der Waals surface area contributed by atoms with E-state index in [0.29, 0.717) is 17.3 Å². The molecule has 2 aromatic heterocycles. The number of anilines is 1. The van der Waals surface area contributed by atoms with Crippen LogP contribution in [0.15, 0.2) is 51.7 Å². The van der Waals surface area contributed by atoms with Gasteiger partial charge in [0.25, 0.3) is 0 Å². The van der Waals surface area contributed by atoms with E-state index in [1.807, 2.05) is 19.9 Å². The molecule has 0 saturated carbocycles. The Labute approximate surface area is 144 Å². The normalized spacial score (nSPS) is 12.0. The summed E-state index contributed by atoms with van der Waals surface area (Å²) in [5.74, 6) is 0.907. The number of hydrogen-bond donors (Lipinski definition) is 3. The van der Waals surface area contributed by atoms with E-state index in [1.54, 1.807) is 30.5 Å². The van der Waals surface area contributed by atoms with E-state index in [0.717, 1.165) is 16.8 Å². The van der Waals surface area contributed by atoms with E-state index < -0.39 is 12.1 Å². The van der Waals surface area contributed by atoms with Crippen molar-refractivity contribution in [3.8, 4) is 11.5 Å². The number of oxazole rings is 1. The van der Waals surface area contributed by atoms with Gasteiger partial charge in [-0.1, -0.05) is 6.07 Å². The van der Waals surface area contributed by atoms with Gasteiger partial charge in [-0.25, -0.2) is 9.78 Å². The van der Waals surface area contributed by atoms with E-state index in [9.17, 15) is 9.90 Å². The molecule has 7 heteroatoms. The Morgan fingerprint density at radius 1 is 1.28 bits per heavy atom. The fourth-order valence-electron chi connectivity index (χ4n) is 2.35. The number of aliphatic hydroxyl groups excluding tert-OH is 1. The Bertz CT molecular complexity index is 855. The molecular formula is C18H19N3O4. The molecule has 1 unspecified atom stereocenters. The third-order valence-electron chi connectivity index (χ3n) is 3.67. The van der Waals surface area contributed by atoms with Crippen LogP contribution in [-0.2, 0) is 0 Å². The first-order valence-electron chi connectivity index (χ1n) is 7.82. The maximum atomic E-state index is 12.0. The summed E-state index contributed by atoms with van der Waals surface area (Å²) in [5.41, 5.74) is 3.18. The zero-order valence-electron chi connectivity index (χ0n) is 13.9. The van der Waals surface area contributed by atoms with Crippen molar-refractivity contribution < 1.29 is 18.7 Å². The minimum Gasteiger partial charge on any atom is -0.467 e. The number of urea groups is 1. The van der Waals surface area contributed by atoms with Crippen LogP contribution in [0, 0.1) is 13.8 Å². The molecule has 3 N–H and O–H groups in total. The number of rotatable bonds is 5. The van der Waals surface area contributed by atoms with Gasteiger partial charge in [0.2, 0.25) is 5.89 Å². The topological polar surface area (TPSA) is 101 Å². The maximum Gasteiger partial charge on any atom is 0.319 e. The van der Waals surface area contributed by atoms with E-state index in [4.69, 9.17) is 8.83 Å². The van der Waals surface area contributed by atoms with Crippen molar-refractivity contribution in [3.63, 3.8) is 0 Å². The van der Waals surface area contributed by atoms with E-state index in [2.05, 4.69) is 15.6 Å². The van der Waals surface area contributed by atoms with Crippen molar-refractivity contribution in [1.29, 1.82) is 0 Å². The van der Waals surface area contributed by atoms with Gasteiger partial charge in [-0.2, -0.15) is 0 Å². The van der Waals surface area contributed by atoms with Crippen LogP contribution in [0.5, 0.6) is 0 Å². The second kappa shape index (κ2) is 7.23. The molecule has 0 fully saturated rings. The second-order valence-corrected chi connectivity index (χ2v) is 5.69. The van der Waals surface area contributed by atoms with Gasteiger partial charge < -0.3 is 24.6 Å². The van der Waals surface area contributed by atoms with Gasteiger partial charge in [0, 0.05) is 11.3 Å². The summed E-state index contributed by atoms with van der Waals surface area (Å²) >= 11 is 0. The number of furan rings is 1. The van der Waals surface area contributed by atoms with Gasteiger partial charge >= 0.3 is 6.03 Å². The van der Waals surface area contributed by atoms with E-state index in [-0.39, 0.29) is 6.54 Å². The number of nitrogens with zero attached hydrogens (tertiary/aromatic N) is 1. The van der Waals surface area contributed by atoms with Crippen LogP contribution in [-0.4, -0.2) is 22.7 Å². The average Bonchev–Trinajstić information content (AvgIpc) is 3.26. The zero-order chi connectivity index (χ0) is 17.8. The predicted molar refractivity (Wildman–Crippen MR) is 92.1 cm³/mol. The molecule has 0 bridgehead atoms. The number of carbonyl (C=O) groups is 1. The van der Waals surface area contributed by atoms with E-state index >= 15 is 0 Å². The third kappa shape index (κ3) is 4.07. The molecule has 0 aliphatic carbocycles. The van der Waals surface area contributed by atoms with Crippen molar-refractivity contribution in [2.24, 2.45) is 0 Å². The molecule has 1 aromatic carbocycles.